The van der Waals surface area contributed by atoms with Crippen LogP contribution in [-0.2, 0) is 16.4 Å². The molecule has 0 radical (unpaired) electrons. The Bertz CT molecular complexity index is 1220. The third kappa shape index (κ3) is 4.93. The normalized spacial score (nSPS) is 15.9. The van der Waals surface area contributed by atoms with E-state index in [-0.39, 0.29) is 10.9 Å². The molecule has 4 rings (SSSR count). The van der Waals surface area contributed by atoms with Crippen LogP contribution in [0.4, 0.5) is 5.69 Å². The molecule has 0 saturated carbocycles. The fourth-order valence-corrected chi connectivity index (χ4v) is 5.99. The summed E-state index contributed by atoms with van der Waals surface area (Å²) in [5, 5.41) is 3.82. The number of methoxy groups -OCH3 is 2. The number of sulfonamides is 1. The molecule has 1 N–H and O–H groups in total. The molecule has 2 heterocycles. The van der Waals surface area contributed by atoms with Crippen molar-refractivity contribution in [1.82, 2.24) is 10.3 Å². The zero-order valence-electron chi connectivity index (χ0n) is 18.5. The van der Waals surface area contributed by atoms with Gasteiger partial charge in [0.15, 0.2) is 11.5 Å². The lowest BCUT2D eigenvalue weighted by molar-refractivity contribution is 0.354. The Hall–Kier alpha value is -2.81. The number of rotatable bonds is 8. The number of hydrogen-bond acceptors (Lipinski definition) is 6. The minimum Gasteiger partial charge on any atom is -0.493 e. The van der Waals surface area contributed by atoms with Gasteiger partial charge in [-0.25, -0.2) is 8.42 Å². The lowest BCUT2D eigenvalue weighted by Gasteiger charge is -2.32. The van der Waals surface area contributed by atoms with Gasteiger partial charge in [0.05, 0.1) is 30.8 Å². The molecule has 1 aliphatic rings. The van der Waals surface area contributed by atoms with E-state index in [1.54, 1.807) is 30.5 Å². The van der Waals surface area contributed by atoms with Crippen LogP contribution in [0.1, 0.15) is 17.7 Å². The van der Waals surface area contributed by atoms with Crippen molar-refractivity contribution in [2.75, 3.05) is 31.6 Å². The number of pyridine rings is 1. The topological polar surface area (TPSA) is 80.8 Å². The molecule has 0 bridgehead atoms. The highest BCUT2D eigenvalue weighted by molar-refractivity contribution is 7.92. The maximum Gasteiger partial charge on any atom is 0.264 e. The molecule has 0 amide bonds. The lowest BCUT2D eigenvalue weighted by Crippen LogP contribution is -2.42. The van der Waals surface area contributed by atoms with Crippen LogP contribution < -0.4 is 19.1 Å². The summed E-state index contributed by atoms with van der Waals surface area (Å²) < 4.78 is 40.2. The number of ether oxygens (including phenoxy) is 2. The Kier molecular flexibility index (Phi) is 7.07. The molecule has 3 aromatic rings. The molecule has 0 aliphatic carbocycles. The summed E-state index contributed by atoms with van der Waals surface area (Å²) in [5.41, 5.74) is 2.21. The average molecular weight is 488 g/mol. The second-order valence-electron chi connectivity index (χ2n) is 7.74. The van der Waals surface area contributed by atoms with E-state index in [9.17, 15) is 8.42 Å². The third-order valence-corrected chi connectivity index (χ3v) is 7.75. The number of hydrogen-bond donors (Lipinski definition) is 1. The molecule has 1 aliphatic heterocycles. The van der Waals surface area contributed by atoms with Crippen molar-refractivity contribution in [2.24, 2.45) is 0 Å². The first kappa shape index (κ1) is 23.4. The van der Waals surface area contributed by atoms with Gasteiger partial charge in [-0.2, -0.15) is 0 Å². The van der Waals surface area contributed by atoms with E-state index in [1.807, 2.05) is 24.3 Å². The van der Waals surface area contributed by atoms with Crippen molar-refractivity contribution >= 4 is 27.3 Å². The van der Waals surface area contributed by atoms with Crippen molar-refractivity contribution in [3.63, 3.8) is 0 Å². The summed E-state index contributed by atoms with van der Waals surface area (Å²) in [7, 11) is -0.931. The Balaban J connectivity index is 1.84. The molecule has 9 heteroatoms. The largest absolute Gasteiger partial charge is 0.493 e. The summed E-state index contributed by atoms with van der Waals surface area (Å²) in [6, 6.07) is 15.4. The number of nitrogens with one attached hydrogen (secondary N) is 1. The zero-order valence-corrected chi connectivity index (χ0v) is 20.1. The number of halogens is 1. The van der Waals surface area contributed by atoms with Crippen molar-refractivity contribution in [3.05, 3.63) is 77.1 Å². The van der Waals surface area contributed by atoms with Gasteiger partial charge in [0.25, 0.3) is 10.0 Å². The van der Waals surface area contributed by atoms with E-state index in [1.165, 1.54) is 24.6 Å². The fraction of sp³-hybridized carbons (Fsp3) is 0.292. The number of benzene rings is 2. The van der Waals surface area contributed by atoms with Gasteiger partial charge in [0.1, 0.15) is 0 Å². The molecule has 0 unspecified atom stereocenters. The van der Waals surface area contributed by atoms with E-state index in [4.69, 9.17) is 21.1 Å². The predicted octanol–water partition coefficient (Wildman–Crippen LogP) is 3.90. The van der Waals surface area contributed by atoms with Gasteiger partial charge < -0.3 is 14.8 Å². The van der Waals surface area contributed by atoms with Crippen molar-refractivity contribution in [3.8, 4) is 11.5 Å². The lowest BCUT2D eigenvalue weighted by atomic mass is 10.1. The SMILES string of the molecule is COc1ccc(S(=O)(=O)N(c2ccc(Cl)cc2Cc2ccccn2)[C@@H]2CCNC2)cc1OC. The van der Waals surface area contributed by atoms with Crippen LogP contribution in [0, 0.1) is 0 Å². The van der Waals surface area contributed by atoms with E-state index >= 15 is 0 Å². The average Bonchev–Trinajstić information content (AvgIpc) is 3.35. The molecule has 174 valence electrons. The van der Waals surface area contributed by atoms with Gasteiger partial charge >= 0.3 is 0 Å². The molecule has 33 heavy (non-hydrogen) atoms. The highest BCUT2D eigenvalue weighted by Crippen LogP contribution is 2.36. The quantitative estimate of drug-likeness (QED) is 0.519. The summed E-state index contributed by atoms with van der Waals surface area (Å²) in [6.45, 7) is 1.30. The standard InChI is InChI=1S/C24H26ClN3O4S/c1-31-23-9-7-21(15-24(23)32-2)33(29,30)28(20-10-12-26-16-20)22-8-6-18(25)13-17(22)14-19-5-3-4-11-27-19/h3-9,11,13,15,20,26H,10,12,14,16H2,1-2H3/t20-/m1/s1. The first-order valence-corrected chi connectivity index (χ1v) is 12.4. The monoisotopic (exact) mass is 487 g/mol. The summed E-state index contributed by atoms with van der Waals surface area (Å²) in [4.78, 5) is 4.54. The molecule has 1 fully saturated rings. The van der Waals surface area contributed by atoms with E-state index in [0.29, 0.717) is 41.6 Å². The van der Waals surface area contributed by atoms with Crippen LogP contribution in [0.3, 0.4) is 0 Å². The molecule has 1 aromatic heterocycles. The van der Waals surface area contributed by atoms with Gasteiger partial charge in [0.2, 0.25) is 0 Å². The Labute approximate surface area is 199 Å². The van der Waals surface area contributed by atoms with Gasteiger partial charge in [-0.05, 0) is 61.0 Å². The predicted molar refractivity (Wildman–Crippen MR) is 129 cm³/mol. The molecule has 1 saturated heterocycles. The molecule has 0 spiro atoms. The van der Waals surface area contributed by atoms with Crippen LogP contribution in [0.5, 0.6) is 11.5 Å². The Morgan fingerprint density at radius 2 is 1.91 bits per heavy atom. The van der Waals surface area contributed by atoms with E-state index < -0.39 is 10.0 Å². The van der Waals surface area contributed by atoms with Gasteiger partial charge in [-0.3, -0.25) is 9.29 Å². The van der Waals surface area contributed by atoms with Crippen LogP contribution in [0.25, 0.3) is 0 Å². The molecular formula is C24H26ClN3O4S. The number of nitrogens with zero attached hydrogens (tertiary/aromatic N) is 2. The smallest absolute Gasteiger partial charge is 0.264 e. The van der Waals surface area contributed by atoms with Crippen molar-refractivity contribution in [2.45, 2.75) is 23.8 Å². The van der Waals surface area contributed by atoms with Crippen LogP contribution in [0.2, 0.25) is 5.02 Å². The first-order chi connectivity index (χ1) is 15.9. The molecular weight excluding hydrogens is 462 g/mol. The second kappa shape index (κ2) is 9.99. The minimum atomic E-state index is -3.93. The maximum atomic E-state index is 14.0. The number of anilines is 1. The van der Waals surface area contributed by atoms with Crippen LogP contribution in [-0.4, -0.2) is 46.8 Å². The zero-order chi connectivity index (χ0) is 23.4. The van der Waals surface area contributed by atoms with E-state index in [2.05, 4.69) is 10.3 Å². The second-order valence-corrected chi connectivity index (χ2v) is 9.99. The molecule has 2 aromatic carbocycles. The Morgan fingerprint density at radius 1 is 1.09 bits per heavy atom. The van der Waals surface area contributed by atoms with Crippen LogP contribution in [0.15, 0.2) is 65.7 Å². The first-order valence-electron chi connectivity index (χ1n) is 10.6. The minimum absolute atomic E-state index is 0.130. The maximum absolute atomic E-state index is 14.0. The Morgan fingerprint density at radius 3 is 2.58 bits per heavy atom. The van der Waals surface area contributed by atoms with Crippen molar-refractivity contribution < 1.29 is 17.9 Å². The summed E-state index contributed by atoms with van der Waals surface area (Å²) >= 11 is 6.32. The highest BCUT2D eigenvalue weighted by Gasteiger charge is 2.35. The van der Waals surface area contributed by atoms with Gasteiger partial charge in [-0.1, -0.05) is 17.7 Å². The van der Waals surface area contributed by atoms with E-state index in [0.717, 1.165) is 17.8 Å². The van der Waals surface area contributed by atoms with Crippen molar-refractivity contribution in [1.29, 1.82) is 0 Å². The third-order valence-electron chi connectivity index (χ3n) is 5.65. The number of aromatic nitrogens is 1. The molecule has 1 atom stereocenters. The summed E-state index contributed by atoms with van der Waals surface area (Å²) in [6.07, 6.45) is 2.87. The highest BCUT2D eigenvalue weighted by atomic mass is 35.5. The molecule has 7 nitrogen and oxygen atoms in total. The van der Waals surface area contributed by atoms with Gasteiger partial charge in [-0.15, -0.1) is 0 Å². The fourth-order valence-electron chi connectivity index (χ4n) is 4.06. The summed E-state index contributed by atoms with van der Waals surface area (Å²) in [5.74, 6) is 0.820. The van der Waals surface area contributed by atoms with Crippen LogP contribution >= 0.6 is 11.6 Å². The van der Waals surface area contributed by atoms with Gasteiger partial charge in [0, 0.05) is 35.9 Å².